The van der Waals surface area contributed by atoms with Crippen molar-refractivity contribution in [2.75, 3.05) is 0 Å². The number of rotatable bonds is 1. The Morgan fingerprint density at radius 3 is 1.67 bits per heavy atom. The topological polar surface area (TPSA) is 4.93 Å². The van der Waals surface area contributed by atoms with E-state index in [0.29, 0.717) is 0 Å². The van der Waals surface area contributed by atoms with Crippen LogP contribution in [0.1, 0.15) is 25.0 Å². The number of hydrogen-bond donors (Lipinski definition) is 0. The molecule has 1 aliphatic carbocycles. The van der Waals surface area contributed by atoms with Gasteiger partial charge in [0, 0.05) is 37.1 Å². The van der Waals surface area contributed by atoms with Crippen LogP contribution >= 0.6 is 15.9 Å². The van der Waals surface area contributed by atoms with Crippen LogP contribution in [0.4, 0.5) is 0 Å². The van der Waals surface area contributed by atoms with Crippen LogP contribution in [-0.4, -0.2) is 4.57 Å². The van der Waals surface area contributed by atoms with Crippen LogP contribution in [0.25, 0.3) is 81.7 Å². The summed E-state index contributed by atoms with van der Waals surface area (Å²) in [5.41, 5.74) is 9.04. The number of hydrogen-bond acceptors (Lipinski definition) is 0. The van der Waals surface area contributed by atoms with Gasteiger partial charge in [-0.25, -0.2) is 0 Å². The van der Waals surface area contributed by atoms with E-state index in [0.717, 1.165) is 4.47 Å². The number of fused-ring (bicyclic) bond motifs is 16. The zero-order chi connectivity index (χ0) is 30.0. The van der Waals surface area contributed by atoms with Gasteiger partial charge in [0.15, 0.2) is 0 Å². The highest BCUT2D eigenvalue weighted by Crippen LogP contribution is 2.53. The quantitative estimate of drug-likeness (QED) is 0.158. The van der Waals surface area contributed by atoms with Gasteiger partial charge in [-0.15, -0.1) is 0 Å². The van der Waals surface area contributed by atoms with Crippen molar-refractivity contribution in [1.29, 1.82) is 0 Å². The van der Waals surface area contributed by atoms with E-state index in [1.54, 1.807) is 0 Å². The monoisotopic (exact) mass is 637 g/mol. The summed E-state index contributed by atoms with van der Waals surface area (Å²) in [6.07, 6.45) is 0. The summed E-state index contributed by atoms with van der Waals surface area (Å²) in [5, 5.41) is 13.1. The fourth-order valence-electron chi connectivity index (χ4n) is 8.43. The molecule has 0 unspecified atom stereocenters. The van der Waals surface area contributed by atoms with Gasteiger partial charge in [0.1, 0.15) is 0 Å². The van der Waals surface area contributed by atoms with Gasteiger partial charge in [-0.2, -0.15) is 0 Å². The Labute approximate surface area is 269 Å². The predicted octanol–water partition coefficient (Wildman–Crippen LogP) is 12.5. The Hall–Kier alpha value is -4.92. The number of halogens is 1. The van der Waals surface area contributed by atoms with Gasteiger partial charge in [0.05, 0.1) is 11.0 Å². The molecule has 0 bridgehead atoms. The molecule has 1 aliphatic rings. The molecule has 10 rings (SSSR count). The van der Waals surface area contributed by atoms with E-state index < -0.39 is 0 Å². The first-order chi connectivity index (χ1) is 22.0. The molecule has 45 heavy (non-hydrogen) atoms. The maximum absolute atomic E-state index is 3.76. The van der Waals surface area contributed by atoms with Gasteiger partial charge in [0.2, 0.25) is 0 Å². The fraction of sp³-hybridized carbons (Fsp3) is 0.0698. The van der Waals surface area contributed by atoms with Crippen LogP contribution in [-0.2, 0) is 5.41 Å². The van der Waals surface area contributed by atoms with Crippen molar-refractivity contribution < 1.29 is 0 Å². The second-order valence-electron chi connectivity index (χ2n) is 13.0. The molecular weight excluding hydrogens is 610 g/mol. The van der Waals surface area contributed by atoms with Crippen LogP contribution in [0.3, 0.4) is 0 Å². The average Bonchev–Trinajstić information content (AvgIpc) is 3.52. The minimum atomic E-state index is -0.117. The number of benzene rings is 8. The molecule has 0 saturated carbocycles. The Balaban J connectivity index is 1.55. The molecule has 0 aliphatic heterocycles. The van der Waals surface area contributed by atoms with Crippen molar-refractivity contribution in [3.63, 3.8) is 0 Å². The smallest absolute Gasteiger partial charge is 0.0632 e. The van der Waals surface area contributed by atoms with Gasteiger partial charge >= 0.3 is 0 Å². The molecule has 8 aromatic carbocycles. The zero-order valence-electron chi connectivity index (χ0n) is 25.0. The van der Waals surface area contributed by atoms with Gasteiger partial charge < -0.3 is 4.57 Å². The van der Waals surface area contributed by atoms with Gasteiger partial charge in [0.25, 0.3) is 0 Å². The molecule has 0 amide bonds. The summed E-state index contributed by atoms with van der Waals surface area (Å²) in [7, 11) is 0. The molecule has 1 heterocycles. The maximum atomic E-state index is 3.76. The average molecular weight is 639 g/mol. The lowest BCUT2D eigenvalue weighted by Gasteiger charge is -2.22. The minimum Gasteiger partial charge on any atom is -0.309 e. The van der Waals surface area contributed by atoms with Crippen molar-refractivity contribution >= 4 is 80.8 Å². The van der Waals surface area contributed by atoms with Gasteiger partial charge in [-0.3, -0.25) is 0 Å². The van der Waals surface area contributed by atoms with Crippen molar-refractivity contribution in [2.45, 2.75) is 19.3 Å². The molecule has 0 saturated heterocycles. The molecule has 9 aromatic rings. The SMILES string of the molecule is CC1(C)c2cc(Br)ccc2-c2cc3c4c5ccccc5c5c6ccccc6c6ccccc6c5c4n(-c4ccccc4)c3cc21. The summed E-state index contributed by atoms with van der Waals surface area (Å²) in [6, 6.07) is 49.7. The second-order valence-corrected chi connectivity index (χ2v) is 13.9. The van der Waals surface area contributed by atoms with Crippen LogP contribution in [0.15, 0.2) is 138 Å². The Kier molecular flexibility index (Phi) is 4.99. The summed E-state index contributed by atoms with van der Waals surface area (Å²) in [4.78, 5) is 0. The first-order valence-corrected chi connectivity index (χ1v) is 16.4. The van der Waals surface area contributed by atoms with E-state index >= 15 is 0 Å². The third kappa shape index (κ3) is 3.22. The lowest BCUT2D eigenvalue weighted by atomic mass is 9.82. The second kappa shape index (κ2) is 8.84. The van der Waals surface area contributed by atoms with Gasteiger partial charge in [-0.1, -0.05) is 127 Å². The predicted molar refractivity (Wildman–Crippen MR) is 196 cm³/mol. The first-order valence-electron chi connectivity index (χ1n) is 15.6. The molecule has 0 fully saturated rings. The van der Waals surface area contributed by atoms with Crippen LogP contribution in [0, 0.1) is 0 Å². The minimum absolute atomic E-state index is 0.117. The lowest BCUT2D eigenvalue weighted by molar-refractivity contribution is 0.660. The molecule has 0 spiro atoms. The maximum Gasteiger partial charge on any atom is 0.0632 e. The molecule has 0 radical (unpaired) electrons. The lowest BCUT2D eigenvalue weighted by Crippen LogP contribution is -2.15. The molecular formula is C43H28BrN. The highest BCUT2D eigenvalue weighted by Gasteiger charge is 2.37. The van der Waals surface area contributed by atoms with Crippen molar-refractivity contribution in [2.24, 2.45) is 0 Å². The fourth-order valence-corrected chi connectivity index (χ4v) is 8.79. The Morgan fingerprint density at radius 1 is 0.467 bits per heavy atom. The van der Waals surface area contributed by atoms with Crippen molar-refractivity contribution in [3.05, 3.63) is 149 Å². The molecule has 212 valence electrons. The molecule has 0 atom stereocenters. The molecule has 1 aromatic heterocycles. The Morgan fingerprint density at radius 2 is 1.00 bits per heavy atom. The highest BCUT2D eigenvalue weighted by molar-refractivity contribution is 9.10. The van der Waals surface area contributed by atoms with Crippen molar-refractivity contribution in [1.82, 2.24) is 4.57 Å². The van der Waals surface area contributed by atoms with E-state index in [4.69, 9.17) is 0 Å². The van der Waals surface area contributed by atoms with Crippen LogP contribution in [0.5, 0.6) is 0 Å². The van der Waals surface area contributed by atoms with Crippen LogP contribution in [0.2, 0.25) is 0 Å². The molecule has 2 heteroatoms. The third-order valence-corrected chi connectivity index (χ3v) is 10.9. The van der Waals surface area contributed by atoms with E-state index in [-0.39, 0.29) is 5.41 Å². The molecule has 1 nitrogen and oxygen atoms in total. The summed E-state index contributed by atoms with van der Waals surface area (Å²) < 4.78 is 3.68. The summed E-state index contributed by atoms with van der Waals surface area (Å²) >= 11 is 3.76. The first kappa shape index (κ1) is 25.4. The van der Waals surface area contributed by atoms with E-state index in [1.807, 2.05) is 0 Å². The van der Waals surface area contributed by atoms with Gasteiger partial charge in [-0.05, 0) is 91.0 Å². The van der Waals surface area contributed by atoms with E-state index in [2.05, 4.69) is 168 Å². The number of nitrogens with zero attached hydrogens (tertiary/aromatic N) is 1. The third-order valence-electron chi connectivity index (χ3n) is 10.4. The van der Waals surface area contributed by atoms with E-state index in [9.17, 15) is 0 Å². The standard InChI is InChI=1S/C43H28BrN/c1-43(2)36-22-25(44)20-21-29(36)34-23-35-38(24-37(34)43)45(26-12-4-3-5-13-26)42-40(35)33-19-11-10-18-32(33)39-30-16-8-6-14-27(30)28-15-7-9-17-31(28)41(39)42/h3-24H,1-2H3. The number of para-hydroxylation sites is 1. The zero-order valence-corrected chi connectivity index (χ0v) is 26.6. The Bertz CT molecular complexity index is 2730. The highest BCUT2D eigenvalue weighted by atomic mass is 79.9. The number of aromatic nitrogens is 1. The van der Waals surface area contributed by atoms with E-state index in [1.165, 1.54) is 92.8 Å². The normalized spacial score (nSPS) is 13.8. The summed E-state index contributed by atoms with van der Waals surface area (Å²) in [5.74, 6) is 0. The van der Waals surface area contributed by atoms with Crippen LogP contribution < -0.4 is 0 Å². The molecule has 0 N–H and O–H groups in total. The largest absolute Gasteiger partial charge is 0.309 e. The summed E-state index contributed by atoms with van der Waals surface area (Å²) in [6.45, 7) is 4.74. The van der Waals surface area contributed by atoms with Crippen molar-refractivity contribution in [3.8, 4) is 16.8 Å².